The maximum Gasteiger partial charge on any atom is 0.307 e. The zero-order valence-corrected chi connectivity index (χ0v) is 18.5. The summed E-state index contributed by atoms with van der Waals surface area (Å²) in [7, 11) is 0. The van der Waals surface area contributed by atoms with Crippen LogP contribution in [0.3, 0.4) is 0 Å². The molecule has 0 aliphatic rings. The van der Waals surface area contributed by atoms with Gasteiger partial charge >= 0.3 is 5.97 Å². The summed E-state index contributed by atoms with van der Waals surface area (Å²) in [6.07, 6.45) is 3.78. The third kappa shape index (κ3) is 4.62. The number of rotatable bonds is 4. The monoisotopic (exact) mass is 444 g/mol. The van der Waals surface area contributed by atoms with E-state index in [1.54, 1.807) is 6.20 Å². The number of carboxylic acid groups (broad SMARTS) is 1. The van der Waals surface area contributed by atoms with Crippen molar-refractivity contribution in [1.82, 2.24) is 9.97 Å². The number of aliphatic carboxylic acids is 1. The van der Waals surface area contributed by atoms with Gasteiger partial charge in [0.1, 0.15) is 0 Å². The van der Waals surface area contributed by atoms with Gasteiger partial charge in [0.15, 0.2) is 0 Å². The van der Waals surface area contributed by atoms with E-state index in [4.69, 9.17) is 5.11 Å². The highest BCUT2D eigenvalue weighted by atomic mass is 16.4. The molecule has 0 amide bonds. The highest BCUT2D eigenvalue weighted by molar-refractivity contribution is 5.90. The van der Waals surface area contributed by atoms with Crippen LogP contribution in [0.5, 0.6) is 0 Å². The first-order valence-corrected chi connectivity index (χ1v) is 11.2. The Kier molecular flexibility index (Phi) is 5.95. The molecule has 0 fully saturated rings. The molecule has 0 atom stereocenters. The van der Waals surface area contributed by atoms with Gasteiger partial charge in [0, 0.05) is 28.8 Å². The molecule has 0 aliphatic carbocycles. The van der Waals surface area contributed by atoms with E-state index >= 15 is 0 Å². The lowest BCUT2D eigenvalue weighted by molar-refractivity contribution is -0.136. The minimum atomic E-state index is -0.814. The number of hydrogen-bond donors (Lipinski definition) is 3. The second-order valence-electron chi connectivity index (χ2n) is 8.16. The van der Waals surface area contributed by atoms with E-state index < -0.39 is 5.97 Å². The fourth-order valence-corrected chi connectivity index (χ4v) is 4.16. The van der Waals surface area contributed by atoms with Crippen molar-refractivity contribution < 1.29 is 9.90 Å². The average Bonchev–Trinajstić information content (AvgIpc) is 3.51. The SMILES string of the molecule is O=C(O)Cc1c[nH]c2ccc(-c3ccccc3)cc12.c1ccc(-c2ccc3[nH]ccc3c2)cc1. The summed E-state index contributed by atoms with van der Waals surface area (Å²) in [6.45, 7) is 0. The molecule has 0 spiro atoms. The Morgan fingerprint density at radius 3 is 1.91 bits per heavy atom. The number of carboxylic acids is 1. The van der Waals surface area contributed by atoms with E-state index in [2.05, 4.69) is 58.5 Å². The van der Waals surface area contributed by atoms with Gasteiger partial charge in [-0.2, -0.15) is 0 Å². The molecular weight excluding hydrogens is 420 g/mol. The van der Waals surface area contributed by atoms with Crippen LogP contribution >= 0.6 is 0 Å². The van der Waals surface area contributed by atoms with Crippen LogP contribution in [0.15, 0.2) is 116 Å². The molecule has 0 unspecified atom stereocenters. The van der Waals surface area contributed by atoms with Crippen LogP contribution in [0.2, 0.25) is 0 Å². The van der Waals surface area contributed by atoms with Crippen molar-refractivity contribution in [3.8, 4) is 22.3 Å². The molecule has 3 N–H and O–H groups in total. The summed E-state index contributed by atoms with van der Waals surface area (Å²) in [5.74, 6) is -0.814. The minimum Gasteiger partial charge on any atom is -0.481 e. The van der Waals surface area contributed by atoms with Crippen molar-refractivity contribution in [1.29, 1.82) is 0 Å². The third-order valence-electron chi connectivity index (χ3n) is 5.88. The molecule has 34 heavy (non-hydrogen) atoms. The Labute approximate surface area is 197 Å². The lowest BCUT2D eigenvalue weighted by Crippen LogP contribution is -1.98. The number of hydrogen-bond acceptors (Lipinski definition) is 1. The molecule has 2 heterocycles. The van der Waals surface area contributed by atoms with Crippen LogP contribution in [0, 0.1) is 0 Å². The summed E-state index contributed by atoms with van der Waals surface area (Å²) in [6, 6.07) is 35.1. The molecule has 0 radical (unpaired) electrons. The van der Waals surface area contributed by atoms with Crippen LogP contribution in [-0.2, 0) is 11.2 Å². The predicted molar refractivity (Wildman–Crippen MR) is 139 cm³/mol. The number of carbonyl (C=O) groups is 1. The Balaban J connectivity index is 0.000000145. The number of aromatic nitrogens is 2. The first-order chi connectivity index (χ1) is 16.7. The molecule has 4 aromatic carbocycles. The van der Waals surface area contributed by atoms with Gasteiger partial charge in [0.25, 0.3) is 0 Å². The summed E-state index contributed by atoms with van der Waals surface area (Å²) in [5.41, 5.74) is 7.74. The van der Waals surface area contributed by atoms with Gasteiger partial charge in [-0.05, 0) is 63.5 Å². The van der Waals surface area contributed by atoms with E-state index in [9.17, 15) is 4.79 Å². The van der Waals surface area contributed by atoms with Crippen LogP contribution in [0.25, 0.3) is 44.1 Å². The highest BCUT2D eigenvalue weighted by Gasteiger charge is 2.08. The second-order valence-corrected chi connectivity index (χ2v) is 8.16. The summed E-state index contributed by atoms with van der Waals surface area (Å²) < 4.78 is 0. The van der Waals surface area contributed by atoms with Crippen molar-refractivity contribution in [2.75, 3.05) is 0 Å². The van der Waals surface area contributed by atoms with Crippen LogP contribution in [0.4, 0.5) is 0 Å². The van der Waals surface area contributed by atoms with E-state index in [-0.39, 0.29) is 6.42 Å². The van der Waals surface area contributed by atoms with Gasteiger partial charge < -0.3 is 15.1 Å². The largest absolute Gasteiger partial charge is 0.481 e. The van der Waals surface area contributed by atoms with Gasteiger partial charge in [0.2, 0.25) is 0 Å². The molecule has 166 valence electrons. The Hall–Kier alpha value is -4.57. The number of nitrogens with one attached hydrogen (secondary N) is 2. The summed E-state index contributed by atoms with van der Waals surface area (Å²) in [4.78, 5) is 17.2. The first-order valence-electron chi connectivity index (χ1n) is 11.2. The summed E-state index contributed by atoms with van der Waals surface area (Å²) >= 11 is 0. The van der Waals surface area contributed by atoms with E-state index in [0.29, 0.717) is 0 Å². The summed E-state index contributed by atoms with van der Waals surface area (Å²) in [5, 5.41) is 11.2. The Bertz CT molecular complexity index is 1550. The number of H-pyrrole nitrogens is 2. The molecule has 0 bridgehead atoms. The quantitative estimate of drug-likeness (QED) is 0.267. The second kappa shape index (κ2) is 9.51. The molecule has 0 saturated heterocycles. The van der Waals surface area contributed by atoms with E-state index in [1.165, 1.54) is 22.0 Å². The molecule has 6 aromatic rings. The van der Waals surface area contributed by atoms with Crippen molar-refractivity contribution in [2.45, 2.75) is 6.42 Å². The highest BCUT2D eigenvalue weighted by Crippen LogP contribution is 2.26. The fourth-order valence-electron chi connectivity index (χ4n) is 4.16. The predicted octanol–water partition coefficient (Wildman–Crippen LogP) is 7.30. The third-order valence-corrected chi connectivity index (χ3v) is 5.88. The van der Waals surface area contributed by atoms with Gasteiger partial charge in [-0.25, -0.2) is 0 Å². The van der Waals surface area contributed by atoms with Crippen LogP contribution in [-0.4, -0.2) is 21.0 Å². The van der Waals surface area contributed by atoms with Crippen LogP contribution < -0.4 is 0 Å². The smallest absolute Gasteiger partial charge is 0.307 e. The molecule has 4 heteroatoms. The Morgan fingerprint density at radius 1 is 0.647 bits per heavy atom. The zero-order chi connectivity index (χ0) is 23.3. The van der Waals surface area contributed by atoms with Gasteiger partial charge in [0.05, 0.1) is 6.42 Å². The van der Waals surface area contributed by atoms with E-state index in [1.807, 2.05) is 60.8 Å². The Morgan fingerprint density at radius 2 is 1.26 bits per heavy atom. The minimum absolute atomic E-state index is 0.0399. The lowest BCUT2D eigenvalue weighted by Gasteiger charge is -2.02. The van der Waals surface area contributed by atoms with E-state index in [0.717, 1.165) is 27.6 Å². The van der Waals surface area contributed by atoms with Crippen molar-refractivity contribution in [3.63, 3.8) is 0 Å². The number of benzene rings is 4. The number of fused-ring (bicyclic) bond motifs is 2. The maximum absolute atomic E-state index is 10.9. The molecule has 6 rings (SSSR count). The lowest BCUT2D eigenvalue weighted by atomic mass is 10.0. The normalized spacial score (nSPS) is 10.7. The van der Waals surface area contributed by atoms with Crippen molar-refractivity contribution in [2.24, 2.45) is 0 Å². The van der Waals surface area contributed by atoms with Gasteiger partial charge in [-0.15, -0.1) is 0 Å². The van der Waals surface area contributed by atoms with Gasteiger partial charge in [-0.1, -0.05) is 72.8 Å². The molecule has 2 aromatic heterocycles. The standard InChI is InChI=1S/C16H13NO2.C14H11N/c18-16(19)9-13-10-17-15-7-6-12(8-14(13)15)11-4-2-1-3-5-11;1-2-4-11(5-3-1)12-6-7-14-13(10-12)8-9-15-14/h1-8,10,17H,9H2,(H,18,19);1-10,15H. The molecule has 0 aliphatic heterocycles. The zero-order valence-electron chi connectivity index (χ0n) is 18.5. The maximum atomic E-state index is 10.9. The van der Waals surface area contributed by atoms with Crippen LogP contribution in [0.1, 0.15) is 5.56 Å². The molecule has 4 nitrogen and oxygen atoms in total. The average molecular weight is 445 g/mol. The van der Waals surface area contributed by atoms with Crippen molar-refractivity contribution >= 4 is 27.8 Å². The van der Waals surface area contributed by atoms with Gasteiger partial charge in [-0.3, -0.25) is 4.79 Å². The van der Waals surface area contributed by atoms with Crippen molar-refractivity contribution in [3.05, 3.63) is 121 Å². The fraction of sp³-hybridized carbons (Fsp3) is 0.0333. The number of aromatic amines is 2. The first kappa shape index (κ1) is 21.3. The topological polar surface area (TPSA) is 68.9 Å². The molecular formula is C30H24N2O2. The molecule has 0 saturated carbocycles.